The quantitative estimate of drug-likeness (QED) is 0.488. The Morgan fingerprint density at radius 3 is 2.56 bits per heavy atom. The number of nitrogens with zero attached hydrogens (tertiary/aromatic N) is 1. The number of Topliss-reactive ketones (excluding diaryl/α,β-unsaturated/α-hetero) is 1. The molecule has 8 nitrogen and oxygen atoms in total. The molecule has 1 aliphatic rings. The largest absolute Gasteiger partial charge is 0.507 e. The predicted octanol–water partition coefficient (Wildman–Crippen LogP) is 0.811. The first kappa shape index (κ1) is 20.2. The summed E-state index contributed by atoms with van der Waals surface area (Å²) in [4.78, 5) is 37.0. The molecule has 3 N–H and O–H groups in total. The van der Waals surface area contributed by atoms with E-state index >= 15 is 0 Å². The number of ketones is 1. The Balaban J connectivity index is 2.51. The Bertz CT molecular complexity index is 819. The van der Waals surface area contributed by atoms with Crippen LogP contribution < -0.4 is 5.32 Å². The third kappa shape index (κ3) is 4.03. The predicted molar refractivity (Wildman–Crippen MR) is 84.8 cm³/mol. The molecular formula is C16H15F3N2O6. The first-order valence-corrected chi connectivity index (χ1v) is 7.54. The fourth-order valence-corrected chi connectivity index (χ4v) is 2.51. The number of β-amino-alcohol motifs (C(OH)–C–C–N with tert-alkyl or cyclic N) is 1. The minimum Gasteiger partial charge on any atom is -0.507 e. The van der Waals surface area contributed by atoms with Gasteiger partial charge in [0.15, 0.2) is 0 Å². The number of benzene rings is 1. The van der Waals surface area contributed by atoms with E-state index in [4.69, 9.17) is 5.11 Å². The van der Waals surface area contributed by atoms with Gasteiger partial charge in [0.25, 0.3) is 11.7 Å². The molecule has 0 aliphatic carbocycles. The molecule has 146 valence electrons. The minimum atomic E-state index is -5.27. The molecule has 0 bridgehead atoms. The lowest BCUT2D eigenvalue weighted by molar-refractivity contribution is -0.136. The van der Waals surface area contributed by atoms with E-state index in [1.165, 1.54) is 0 Å². The van der Waals surface area contributed by atoms with Gasteiger partial charge in [-0.25, -0.2) is 4.79 Å². The maximum Gasteiger partial charge on any atom is 0.455 e. The Kier molecular flexibility index (Phi) is 5.74. The van der Waals surface area contributed by atoms with Gasteiger partial charge in [0.05, 0.1) is 37.1 Å². The van der Waals surface area contributed by atoms with E-state index in [0.717, 1.165) is 30.2 Å². The lowest BCUT2D eigenvalue weighted by Crippen LogP contribution is -2.31. The summed E-state index contributed by atoms with van der Waals surface area (Å²) in [6.07, 6.45) is -5.27. The number of phenols is 1. The first-order chi connectivity index (χ1) is 12.6. The highest BCUT2D eigenvalue weighted by Crippen LogP contribution is 2.34. The summed E-state index contributed by atoms with van der Waals surface area (Å²) < 4.78 is 43.0. The summed E-state index contributed by atoms with van der Waals surface area (Å²) in [6, 6.07) is 3.09. The van der Waals surface area contributed by atoms with Crippen molar-refractivity contribution in [2.75, 3.05) is 32.1 Å². The number of carbonyl (C=O) groups excluding carboxylic acids is 3. The zero-order valence-corrected chi connectivity index (χ0v) is 14.0. The summed E-state index contributed by atoms with van der Waals surface area (Å²) in [5.74, 6) is -4.95. The molecule has 0 aromatic heterocycles. The zero-order valence-electron chi connectivity index (χ0n) is 14.0. The third-order valence-electron chi connectivity index (χ3n) is 3.74. The van der Waals surface area contributed by atoms with Crippen LogP contribution in [-0.2, 0) is 14.3 Å². The van der Waals surface area contributed by atoms with Crippen LogP contribution in [-0.4, -0.2) is 65.8 Å². The van der Waals surface area contributed by atoms with Crippen LogP contribution in [0.4, 0.5) is 18.9 Å². The van der Waals surface area contributed by atoms with Gasteiger partial charge < -0.3 is 25.2 Å². The van der Waals surface area contributed by atoms with Crippen molar-refractivity contribution in [3.05, 3.63) is 35.0 Å². The van der Waals surface area contributed by atoms with Crippen molar-refractivity contribution in [2.24, 2.45) is 0 Å². The van der Waals surface area contributed by atoms with E-state index in [1.54, 1.807) is 0 Å². The molecule has 1 aliphatic heterocycles. The molecule has 0 spiro atoms. The average Bonchev–Trinajstić information content (AvgIpc) is 2.90. The van der Waals surface area contributed by atoms with Gasteiger partial charge in [0.1, 0.15) is 11.4 Å². The van der Waals surface area contributed by atoms with Crippen LogP contribution in [0.5, 0.6) is 5.75 Å². The minimum absolute atomic E-state index is 0.126. The van der Waals surface area contributed by atoms with Crippen molar-refractivity contribution in [1.82, 2.24) is 4.90 Å². The number of anilines is 1. The van der Waals surface area contributed by atoms with E-state index in [-0.39, 0.29) is 18.7 Å². The highest BCUT2D eigenvalue weighted by atomic mass is 19.4. The summed E-state index contributed by atoms with van der Waals surface area (Å²) in [5, 5.41) is 21.1. The Labute approximate surface area is 150 Å². The van der Waals surface area contributed by atoms with Gasteiger partial charge in [-0.1, -0.05) is 6.07 Å². The molecule has 2 rings (SSSR count). The fourth-order valence-electron chi connectivity index (χ4n) is 2.51. The van der Waals surface area contributed by atoms with Gasteiger partial charge in [-0.15, -0.1) is 0 Å². The molecule has 27 heavy (non-hydrogen) atoms. The zero-order chi connectivity index (χ0) is 20.4. The van der Waals surface area contributed by atoms with Crippen LogP contribution in [0.15, 0.2) is 29.5 Å². The second-order valence-electron chi connectivity index (χ2n) is 5.45. The number of alkyl halides is 3. The van der Waals surface area contributed by atoms with Gasteiger partial charge in [-0.2, -0.15) is 13.2 Å². The first-order valence-electron chi connectivity index (χ1n) is 7.54. The van der Waals surface area contributed by atoms with Crippen LogP contribution in [0.25, 0.3) is 0 Å². The van der Waals surface area contributed by atoms with E-state index in [2.05, 4.69) is 10.1 Å². The average molecular weight is 388 g/mol. The molecule has 1 aromatic carbocycles. The highest BCUT2D eigenvalue weighted by molar-refractivity contribution is 6.11. The van der Waals surface area contributed by atoms with Crippen molar-refractivity contribution in [2.45, 2.75) is 6.18 Å². The van der Waals surface area contributed by atoms with Gasteiger partial charge in [0.2, 0.25) is 0 Å². The third-order valence-corrected chi connectivity index (χ3v) is 3.74. The number of hydrogen-bond acceptors (Lipinski definition) is 7. The monoisotopic (exact) mass is 388 g/mol. The molecule has 11 heteroatoms. The number of rotatable bonds is 6. The van der Waals surface area contributed by atoms with Crippen molar-refractivity contribution >= 4 is 23.3 Å². The van der Waals surface area contributed by atoms with Crippen LogP contribution in [0.2, 0.25) is 0 Å². The normalized spacial score (nSPS) is 14.6. The van der Waals surface area contributed by atoms with Gasteiger partial charge >= 0.3 is 12.1 Å². The maximum atomic E-state index is 12.8. The van der Waals surface area contributed by atoms with Crippen LogP contribution in [0.3, 0.4) is 0 Å². The summed E-state index contributed by atoms with van der Waals surface area (Å²) >= 11 is 0. The number of halogens is 3. The molecular weight excluding hydrogens is 373 g/mol. The number of phenolic OH excluding ortho intramolecular Hbond substituents is 1. The van der Waals surface area contributed by atoms with Crippen molar-refractivity contribution < 1.29 is 42.5 Å². The van der Waals surface area contributed by atoms with Crippen LogP contribution in [0.1, 0.15) is 10.4 Å². The van der Waals surface area contributed by atoms with E-state index in [0.29, 0.717) is 0 Å². The van der Waals surface area contributed by atoms with Crippen LogP contribution in [0, 0.1) is 0 Å². The lowest BCUT2D eigenvalue weighted by atomic mass is 10.1. The van der Waals surface area contributed by atoms with Crippen molar-refractivity contribution in [3.63, 3.8) is 0 Å². The number of hydrogen-bond donors (Lipinski definition) is 3. The summed E-state index contributed by atoms with van der Waals surface area (Å²) in [6.45, 7) is -0.772. The molecule has 1 amide bonds. The molecule has 0 unspecified atom stereocenters. The molecule has 0 fully saturated rings. The number of methoxy groups -OCH3 is 1. The van der Waals surface area contributed by atoms with E-state index in [1.807, 2.05) is 0 Å². The number of ether oxygens (including phenoxy) is 1. The van der Waals surface area contributed by atoms with Crippen LogP contribution >= 0.6 is 0 Å². The molecule has 0 saturated heterocycles. The molecule has 1 aromatic rings. The standard InChI is InChI=1S/C16H15F3N2O6/c1-27-15(26)8-7-21(5-6-22)14(25)12(8)20-9-3-2-4-10(23)11(9)13(24)16(17,18)19/h2-4,20,22-23H,5-7H2,1H3. The topological polar surface area (TPSA) is 116 Å². The molecule has 0 saturated carbocycles. The number of esters is 1. The lowest BCUT2D eigenvalue weighted by Gasteiger charge is -2.16. The SMILES string of the molecule is COC(=O)C1=C(Nc2cccc(O)c2C(=O)C(F)(F)F)C(=O)N(CCO)C1. The number of nitrogens with one attached hydrogen (secondary N) is 1. The Morgan fingerprint density at radius 2 is 2.00 bits per heavy atom. The molecule has 1 heterocycles. The van der Waals surface area contributed by atoms with E-state index < -0.39 is 53.1 Å². The molecule has 0 atom stereocenters. The smallest absolute Gasteiger partial charge is 0.455 e. The highest BCUT2D eigenvalue weighted by Gasteiger charge is 2.43. The number of aliphatic hydroxyl groups excluding tert-OH is 1. The van der Waals surface area contributed by atoms with Crippen molar-refractivity contribution in [3.8, 4) is 5.75 Å². The van der Waals surface area contributed by atoms with Gasteiger partial charge in [-0.3, -0.25) is 9.59 Å². The Hall–Kier alpha value is -3.08. The van der Waals surface area contributed by atoms with Gasteiger partial charge in [-0.05, 0) is 12.1 Å². The van der Waals surface area contributed by atoms with Gasteiger partial charge in [0, 0.05) is 6.54 Å². The maximum absolute atomic E-state index is 12.8. The molecule has 0 radical (unpaired) electrons. The second kappa shape index (κ2) is 7.66. The number of aliphatic hydroxyl groups is 1. The number of aromatic hydroxyl groups is 1. The Morgan fingerprint density at radius 1 is 1.33 bits per heavy atom. The number of carbonyl (C=O) groups is 3. The van der Waals surface area contributed by atoms with E-state index in [9.17, 15) is 32.7 Å². The fraction of sp³-hybridized carbons (Fsp3) is 0.312. The van der Waals surface area contributed by atoms with Crippen molar-refractivity contribution in [1.29, 1.82) is 0 Å². The number of amides is 1. The summed E-state index contributed by atoms with van der Waals surface area (Å²) in [7, 11) is 1.05. The summed E-state index contributed by atoms with van der Waals surface area (Å²) in [5.41, 5.74) is -2.19. The second-order valence-corrected chi connectivity index (χ2v) is 5.45.